The number of aliphatic imine (C=N–C) groups is 1. The van der Waals surface area contributed by atoms with E-state index in [1.54, 1.807) is 25.2 Å². The molecule has 2 aromatic rings. The zero-order valence-electron chi connectivity index (χ0n) is 16.4. The van der Waals surface area contributed by atoms with Gasteiger partial charge in [0.2, 0.25) is 0 Å². The van der Waals surface area contributed by atoms with Crippen LogP contribution in [0.1, 0.15) is 36.6 Å². The summed E-state index contributed by atoms with van der Waals surface area (Å²) in [5.74, 6) is 1.14. The Bertz CT molecular complexity index is 773. The Morgan fingerprint density at radius 2 is 2.00 bits per heavy atom. The van der Waals surface area contributed by atoms with E-state index in [1.165, 1.54) is 6.07 Å². The molecular formula is C19H27F2N5O. The molecule has 27 heavy (non-hydrogen) atoms. The molecule has 0 amide bonds. The van der Waals surface area contributed by atoms with Crippen LogP contribution in [0.5, 0.6) is 5.75 Å². The molecule has 0 saturated heterocycles. The summed E-state index contributed by atoms with van der Waals surface area (Å²) in [6, 6.07) is 6.72. The quantitative estimate of drug-likeness (QED) is 0.592. The minimum Gasteiger partial charge on any atom is -0.434 e. The lowest BCUT2D eigenvalue weighted by molar-refractivity contribution is -0.0504. The largest absolute Gasteiger partial charge is 0.434 e. The maximum Gasteiger partial charge on any atom is 0.387 e. The minimum absolute atomic E-state index is 0.160. The molecule has 1 aromatic heterocycles. The van der Waals surface area contributed by atoms with Gasteiger partial charge in [-0.1, -0.05) is 32.0 Å². The van der Waals surface area contributed by atoms with Crippen molar-refractivity contribution in [1.29, 1.82) is 0 Å². The van der Waals surface area contributed by atoms with E-state index in [9.17, 15) is 8.78 Å². The van der Waals surface area contributed by atoms with Crippen LogP contribution in [0.2, 0.25) is 0 Å². The third-order valence-corrected chi connectivity index (χ3v) is 4.09. The van der Waals surface area contributed by atoms with Gasteiger partial charge in [-0.3, -0.25) is 9.67 Å². The molecule has 0 unspecified atom stereocenters. The molecule has 0 fully saturated rings. The van der Waals surface area contributed by atoms with E-state index in [1.807, 2.05) is 29.9 Å². The number of ether oxygens (including phenoxy) is 1. The van der Waals surface area contributed by atoms with Crippen LogP contribution in [0.4, 0.5) is 8.78 Å². The van der Waals surface area contributed by atoms with E-state index in [-0.39, 0.29) is 5.75 Å². The summed E-state index contributed by atoms with van der Waals surface area (Å²) < 4.78 is 31.5. The van der Waals surface area contributed by atoms with Gasteiger partial charge in [0, 0.05) is 51.6 Å². The van der Waals surface area contributed by atoms with Gasteiger partial charge in [0.15, 0.2) is 5.96 Å². The van der Waals surface area contributed by atoms with E-state index < -0.39 is 6.61 Å². The van der Waals surface area contributed by atoms with Crippen molar-refractivity contribution in [3.05, 3.63) is 47.3 Å². The van der Waals surface area contributed by atoms with Crippen molar-refractivity contribution >= 4 is 5.96 Å². The van der Waals surface area contributed by atoms with Crippen molar-refractivity contribution in [2.75, 3.05) is 14.1 Å². The van der Waals surface area contributed by atoms with Crippen LogP contribution in [0.15, 0.2) is 35.5 Å². The number of hydrogen-bond donors (Lipinski definition) is 1. The van der Waals surface area contributed by atoms with E-state index in [0.717, 1.165) is 11.3 Å². The molecule has 1 heterocycles. The first kappa shape index (κ1) is 20.7. The van der Waals surface area contributed by atoms with E-state index in [0.29, 0.717) is 30.5 Å². The van der Waals surface area contributed by atoms with Crippen molar-refractivity contribution in [3.8, 4) is 5.75 Å². The highest BCUT2D eigenvalue weighted by molar-refractivity contribution is 5.79. The summed E-state index contributed by atoms with van der Waals surface area (Å²) in [6.45, 7) is 2.32. The summed E-state index contributed by atoms with van der Waals surface area (Å²) in [7, 11) is 5.52. The minimum atomic E-state index is -2.85. The summed E-state index contributed by atoms with van der Waals surface area (Å²) in [5, 5.41) is 7.72. The topological polar surface area (TPSA) is 54.7 Å². The van der Waals surface area contributed by atoms with Gasteiger partial charge < -0.3 is 15.0 Å². The van der Waals surface area contributed by atoms with Gasteiger partial charge in [0.05, 0.1) is 5.69 Å². The fourth-order valence-corrected chi connectivity index (χ4v) is 2.91. The molecule has 148 valence electrons. The molecule has 1 aromatic carbocycles. The molecule has 8 heteroatoms. The highest BCUT2D eigenvalue weighted by Gasteiger charge is 2.16. The normalized spacial score (nSPS) is 12.0. The standard InChI is InChI=1S/C19H27F2N5O/c1-13(2)17-15(12-26(5)24-17)11-25(4)19(22-3)23-10-14-8-6-7-9-16(14)27-18(20)21/h6-9,12-13,18H,10-11H2,1-5H3,(H,22,23). The Balaban J connectivity index is 2.06. The van der Waals surface area contributed by atoms with Crippen molar-refractivity contribution in [3.63, 3.8) is 0 Å². The third-order valence-electron chi connectivity index (χ3n) is 4.09. The number of rotatable bonds is 7. The van der Waals surface area contributed by atoms with E-state index >= 15 is 0 Å². The maximum absolute atomic E-state index is 12.6. The van der Waals surface area contributed by atoms with Crippen molar-refractivity contribution < 1.29 is 13.5 Å². The number of guanidine groups is 1. The Labute approximate surface area is 158 Å². The molecule has 0 aliphatic heterocycles. The number of aryl methyl sites for hydroxylation is 1. The molecule has 6 nitrogen and oxygen atoms in total. The molecule has 0 aliphatic rings. The zero-order valence-corrected chi connectivity index (χ0v) is 16.4. The van der Waals surface area contributed by atoms with Gasteiger partial charge in [0.25, 0.3) is 0 Å². The van der Waals surface area contributed by atoms with Crippen molar-refractivity contribution in [1.82, 2.24) is 20.0 Å². The lowest BCUT2D eigenvalue weighted by Gasteiger charge is -2.23. The van der Waals surface area contributed by atoms with Gasteiger partial charge in [-0.25, -0.2) is 0 Å². The first-order valence-electron chi connectivity index (χ1n) is 8.78. The van der Waals surface area contributed by atoms with Crippen LogP contribution in [0, 0.1) is 0 Å². The smallest absolute Gasteiger partial charge is 0.387 e. The van der Waals surface area contributed by atoms with Crippen LogP contribution < -0.4 is 10.1 Å². The number of nitrogens with zero attached hydrogens (tertiary/aromatic N) is 4. The first-order chi connectivity index (χ1) is 12.8. The summed E-state index contributed by atoms with van der Waals surface area (Å²) in [6.07, 6.45) is 2.00. The second kappa shape index (κ2) is 9.34. The Kier molecular flexibility index (Phi) is 7.15. The number of alkyl halides is 2. The predicted molar refractivity (Wildman–Crippen MR) is 102 cm³/mol. The van der Waals surface area contributed by atoms with Gasteiger partial charge in [0.1, 0.15) is 5.75 Å². The number of benzene rings is 1. The van der Waals surface area contributed by atoms with Gasteiger partial charge in [-0.15, -0.1) is 0 Å². The van der Waals surface area contributed by atoms with E-state index in [2.05, 4.69) is 34.0 Å². The van der Waals surface area contributed by atoms with Crippen LogP contribution in [-0.2, 0) is 20.1 Å². The van der Waals surface area contributed by atoms with Crippen LogP contribution in [0.3, 0.4) is 0 Å². The Hall–Kier alpha value is -2.64. The highest BCUT2D eigenvalue weighted by atomic mass is 19.3. The lowest BCUT2D eigenvalue weighted by atomic mass is 10.1. The number of aromatic nitrogens is 2. The van der Waals surface area contributed by atoms with Crippen LogP contribution in [-0.4, -0.2) is 41.3 Å². The monoisotopic (exact) mass is 379 g/mol. The van der Waals surface area contributed by atoms with Gasteiger partial charge in [-0.05, 0) is 12.0 Å². The highest BCUT2D eigenvalue weighted by Crippen LogP contribution is 2.21. The van der Waals surface area contributed by atoms with Gasteiger partial charge >= 0.3 is 6.61 Å². The lowest BCUT2D eigenvalue weighted by Crippen LogP contribution is -2.38. The van der Waals surface area contributed by atoms with Crippen molar-refractivity contribution in [2.45, 2.75) is 39.5 Å². The fourth-order valence-electron chi connectivity index (χ4n) is 2.91. The average molecular weight is 379 g/mol. The number of halogens is 2. The maximum atomic E-state index is 12.6. The van der Waals surface area contributed by atoms with Crippen molar-refractivity contribution in [2.24, 2.45) is 12.0 Å². The fraction of sp³-hybridized carbons (Fsp3) is 0.474. The molecule has 0 radical (unpaired) electrons. The number of nitrogens with one attached hydrogen (secondary N) is 1. The van der Waals surface area contributed by atoms with E-state index in [4.69, 9.17) is 0 Å². The van der Waals surface area contributed by atoms with Crippen LogP contribution >= 0.6 is 0 Å². The van der Waals surface area contributed by atoms with Crippen LogP contribution in [0.25, 0.3) is 0 Å². The summed E-state index contributed by atoms with van der Waals surface area (Å²) in [4.78, 5) is 6.26. The second-order valence-electron chi connectivity index (χ2n) is 6.61. The summed E-state index contributed by atoms with van der Waals surface area (Å²) >= 11 is 0. The molecule has 0 bridgehead atoms. The molecule has 0 saturated carbocycles. The average Bonchev–Trinajstić information content (AvgIpc) is 2.97. The Morgan fingerprint density at radius 3 is 2.63 bits per heavy atom. The molecule has 1 N–H and O–H groups in total. The predicted octanol–water partition coefficient (Wildman–Crippen LogP) is 3.35. The second-order valence-corrected chi connectivity index (χ2v) is 6.61. The number of para-hydroxylation sites is 1. The van der Waals surface area contributed by atoms with Gasteiger partial charge in [-0.2, -0.15) is 13.9 Å². The Morgan fingerprint density at radius 1 is 1.30 bits per heavy atom. The summed E-state index contributed by atoms with van der Waals surface area (Å²) in [5.41, 5.74) is 2.81. The molecule has 0 atom stereocenters. The third kappa shape index (κ3) is 5.67. The first-order valence-corrected chi connectivity index (χ1v) is 8.78. The molecule has 0 spiro atoms. The zero-order chi connectivity index (χ0) is 20.0. The molecule has 0 aliphatic carbocycles. The SMILES string of the molecule is CN=C(NCc1ccccc1OC(F)F)N(C)Cc1cn(C)nc1C(C)C. The molecule has 2 rings (SSSR count). The molecular weight excluding hydrogens is 352 g/mol. The number of hydrogen-bond acceptors (Lipinski definition) is 3.